The van der Waals surface area contributed by atoms with Crippen LogP contribution in [0.2, 0.25) is 0 Å². The molecule has 2 N–H and O–H groups in total. The number of aromatic nitrogens is 2. The van der Waals surface area contributed by atoms with Gasteiger partial charge in [-0.2, -0.15) is 4.98 Å². The quantitative estimate of drug-likeness (QED) is 0.269. The summed E-state index contributed by atoms with van der Waals surface area (Å²) in [7, 11) is -2.27. The third kappa shape index (κ3) is 7.35. The first kappa shape index (κ1) is 27.6. The Balaban J connectivity index is 1.30. The van der Waals surface area contributed by atoms with Crippen molar-refractivity contribution >= 4 is 27.3 Å². The first-order valence-electron chi connectivity index (χ1n) is 12.2. The highest BCUT2D eigenvalue weighted by Crippen LogP contribution is 2.24. The number of carbonyl (C=O) groups is 1. The standard InChI is InChI=1S/C28H30N4O6S/c1-18(2)28-30-26(31-38-28)16-20-5-7-21(8-6-20)29-27(33)17-37-25-14-13-24(15-19(25)3)39(34,35)32-22-9-11-23(36-4)12-10-22/h5-15,18,32H,16-17H2,1-4H3,(H,29,33). The van der Waals surface area contributed by atoms with Gasteiger partial charge in [0.2, 0.25) is 5.89 Å². The van der Waals surface area contributed by atoms with Crippen LogP contribution in [-0.2, 0) is 21.2 Å². The van der Waals surface area contributed by atoms with Crippen molar-refractivity contribution in [2.75, 3.05) is 23.8 Å². The third-order valence-corrected chi connectivity index (χ3v) is 7.11. The molecule has 1 amide bonds. The van der Waals surface area contributed by atoms with Gasteiger partial charge in [-0.05, 0) is 72.6 Å². The van der Waals surface area contributed by atoms with E-state index in [0.29, 0.717) is 46.6 Å². The van der Waals surface area contributed by atoms with Gasteiger partial charge in [0.05, 0.1) is 12.0 Å². The van der Waals surface area contributed by atoms with Crippen LogP contribution in [-0.4, -0.2) is 38.2 Å². The van der Waals surface area contributed by atoms with E-state index in [-0.39, 0.29) is 23.3 Å². The number of anilines is 2. The molecule has 4 aromatic rings. The topological polar surface area (TPSA) is 133 Å². The number of rotatable bonds is 11. The molecule has 0 bridgehead atoms. The van der Waals surface area contributed by atoms with Gasteiger partial charge in [0.25, 0.3) is 15.9 Å². The van der Waals surface area contributed by atoms with E-state index in [1.54, 1.807) is 43.3 Å². The molecule has 0 atom stereocenters. The summed E-state index contributed by atoms with van der Waals surface area (Å²) in [5.41, 5.74) is 2.58. The van der Waals surface area contributed by atoms with Crippen LogP contribution < -0.4 is 19.5 Å². The lowest BCUT2D eigenvalue weighted by Gasteiger charge is -2.13. The monoisotopic (exact) mass is 550 g/mol. The molecule has 1 heterocycles. The number of benzene rings is 3. The second-order valence-electron chi connectivity index (χ2n) is 9.18. The first-order valence-corrected chi connectivity index (χ1v) is 13.7. The van der Waals surface area contributed by atoms with E-state index in [1.165, 1.54) is 25.3 Å². The molecule has 0 saturated heterocycles. The number of sulfonamides is 1. The summed E-state index contributed by atoms with van der Waals surface area (Å²) in [5, 5.41) is 6.78. The van der Waals surface area contributed by atoms with Gasteiger partial charge in [-0.3, -0.25) is 9.52 Å². The zero-order valence-electron chi connectivity index (χ0n) is 22.1. The molecule has 0 radical (unpaired) electrons. The maximum absolute atomic E-state index is 12.8. The molecule has 0 spiro atoms. The van der Waals surface area contributed by atoms with Gasteiger partial charge < -0.3 is 19.3 Å². The highest BCUT2D eigenvalue weighted by molar-refractivity contribution is 7.92. The van der Waals surface area contributed by atoms with Gasteiger partial charge in [0, 0.05) is 23.7 Å². The number of nitrogens with zero attached hydrogens (tertiary/aromatic N) is 2. The van der Waals surface area contributed by atoms with Crippen LogP contribution in [0.25, 0.3) is 0 Å². The molecule has 0 aliphatic rings. The van der Waals surface area contributed by atoms with Gasteiger partial charge in [-0.15, -0.1) is 0 Å². The van der Waals surface area contributed by atoms with Gasteiger partial charge in [0.15, 0.2) is 12.4 Å². The van der Waals surface area contributed by atoms with Crippen molar-refractivity contribution in [2.24, 2.45) is 0 Å². The minimum atomic E-state index is -3.81. The third-order valence-electron chi connectivity index (χ3n) is 5.74. The van der Waals surface area contributed by atoms with Crippen LogP contribution in [0.3, 0.4) is 0 Å². The van der Waals surface area contributed by atoms with Crippen LogP contribution in [0, 0.1) is 6.92 Å². The van der Waals surface area contributed by atoms with E-state index in [9.17, 15) is 13.2 Å². The van der Waals surface area contributed by atoms with Crippen LogP contribution in [0.15, 0.2) is 76.1 Å². The second-order valence-corrected chi connectivity index (χ2v) is 10.9. The van der Waals surface area contributed by atoms with Gasteiger partial charge in [-0.25, -0.2) is 8.42 Å². The lowest BCUT2D eigenvalue weighted by atomic mass is 10.1. The highest BCUT2D eigenvalue weighted by Gasteiger charge is 2.17. The molecule has 10 nitrogen and oxygen atoms in total. The number of hydrogen-bond donors (Lipinski definition) is 2. The fourth-order valence-electron chi connectivity index (χ4n) is 3.63. The van der Waals surface area contributed by atoms with E-state index in [0.717, 1.165) is 5.56 Å². The van der Waals surface area contributed by atoms with Crippen molar-refractivity contribution < 1.29 is 27.2 Å². The molecule has 4 rings (SSSR count). The minimum Gasteiger partial charge on any atom is -0.497 e. The summed E-state index contributed by atoms with van der Waals surface area (Å²) in [5.74, 6) is 2.06. The molecule has 0 aliphatic heterocycles. The summed E-state index contributed by atoms with van der Waals surface area (Å²) in [6.07, 6.45) is 0.522. The van der Waals surface area contributed by atoms with Crippen molar-refractivity contribution in [3.63, 3.8) is 0 Å². The molecule has 0 fully saturated rings. The molecule has 0 aliphatic carbocycles. The molecule has 11 heteroatoms. The summed E-state index contributed by atoms with van der Waals surface area (Å²) < 4.78 is 44.1. The van der Waals surface area contributed by atoms with E-state index in [2.05, 4.69) is 20.2 Å². The van der Waals surface area contributed by atoms with Gasteiger partial charge >= 0.3 is 0 Å². The van der Waals surface area contributed by atoms with Crippen LogP contribution >= 0.6 is 0 Å². The van der Waals surface area contributed by atoms with Crippen molar-refractivity contribution in [3.8, 4) is 11.5 Å². The van der Waals surface area contributed by atoms with Gasteiger partial charge in [0.1, 0.15) is 11.5 Å². The predicted octanol–water partition coefficient (Wildman–Crippen LogP) is 4.92. The number of hydrogen-bond acceptors (Lipinski definition) is 8. The lowest BCUT2D eigenvalue weighted by Crippen LogP contribution is -2.20. The number of nitrogens with one attached hydrogen (secondary N) is 2. The average Bonchev–Trinajstić information content (AvgIpc) is 3.38. The highest BCUT2D eigenvalue weighted by atomic mass is 32.2. The second kappa shape index (κ2) is 12.0. The zero-order chi connectivity index (χ0) is 28.0. The summed E-state index contributed by atoms with van der Waals surface area (Å²) in [6, 6.07) is 18.3. The Morgan fingerprint density at radius 3 is 2.31 bits per heavy atom. The minimum absolute atomic E-state index is 0.0777. The fourth-order valence-corrected chi connectivity index (χ4v) is 4.77. The van der Waals surface area contributed by atoms with Crippen molar-refractivity contribution in [3.05, 3.63) is 89.6 Å². The number of amides is 1. The SMILES string of the molecule is COc1ccc(NS(=O)(=O)c2ccc(OCC(=O)Nc3ccc(Cc4noc(C(C)C)n4)cc3)c(C)c2)cc1. The van der Waals surface area contributed by atoms with E-state index in [4.69, 9.17) is 14.0 Å². The molecule has 0 unspecified atom stereocenters. The Morgan fingerprint density at radius 1 is 1.00 bits per heavy atom. The zero-order valence-corrected chi connectivity index (χ0v) is 22.9. The first-order chi connectivity index (χ1) is 18.6. The number of ether oxygens (including phenoxy) is 2. The van der Waals surface area contributed by atoms with Crippen molar-refractivity contribution in [1.29, 1.82) is 0 Å². The van der Waals surface area contributed by atoms with Crippen LogP contribution in [0.4, 0.5) is 11.4 Å². The molecule has 204 valence electrons. The molecule has 1 aromatic heterocycles. The average molecular weight is 551 g/mol. The number of methoxy groups -OCH3 is 1. The normalized spacial score (nSPS) is 11.3. The van der Waals surface area contributed by atoms with E-state index >= 15 is 0 Å². The Labute approximate surface area is 227 Å². The molecule has 0 saturated carbocycles. The maximum Gasteiger partial charge on any atom is 0.262 e. The van der Waals surface area contributed by atoms with Gasteiger partial charge in [-0.1, -0.05) is 31.1 Å². The van der Waals surface area contributed by atoms with Crippen molar-refractivity contribution in [1.82, 2.24) is 10.1 Å². The molecule has 3 aromatic carbocycles. The summed E-state index contributed by atoms with van der Waals surface area (Å²) >= 11 is 0. The largest absolute Gasteiger partial charge is 0.497 e. The smallest absolute Gasteiger partial charge is 0.262 e. The maximum atomic E-state index is 12.8. The summed E-state index contributed by atoms with van der Waals surface area (Å²) in [4.78, 5) is 16.9. The van der Waals surface area contributed by atoms with Crippen molar-refractivity contribution in [2.45, 2.75) is 38.0 Å². The van der Waals surface area contributed by atoms with E-state index in [1.807, 2.05) is 26.0 Å². The molecular weight excluding hydrogens is 520 g/mol. The Kier molecular flexibility index (Phi) is 8.50. The lowest BCUT2D eigenvalue weighted by molar-refractivity contribution is -0.118. The predicted molar refractivity (Wildman–Crippen MR) is 147 cm³/mol. The fraction of sp³-hybridized carbons (Fsp3) is 0.250. The van der Waals surface area contributed by atoms with E-state index < -0.39 is 10.0 Å². The Morgan fingerprint density at radius 2 is 1.69 bits per heavy atom. The molecule has 39 heavy (non-hydrogen) atoms. The number of aryl methyl sites for hydroxylation is 1. The Bertz CT molecular complexity index is 1530. The van der Waals surface area contributed by atoms with Crippen LogP contribution in [0.5, 0.6) is 11.5 Å². The Hall–Kier alpha value is -4.38. The summed E-state index contributed by atoms with van der Waals surface area (Å²) in [6.45, 7) is 5.45. The number of carbonyl (C=O) groups excluding carboxylic acids is 1. The molecular formula is C28H30N4O6S. The van der Waals surface area contributed by atoms with Crippen LogP contribution in [0.1, 0.15) is 42.6 Å².